The SMILES string of the molecule is CC(C)(C)OC(=O)C[C@H](Cc1cc(N(CCCl)CCCl)ccc1N(CCCl)CCCl)NC(=O)OC(C)(C)C. The number of hydrogen-bond donors (Lipinski definition) is 1. The Labute approximate surface area is 248 Å². The van der Waals surface area contributed by atoms with E-state index in [1.165, 1.54) is 0 Å². The normalized spacial score (nSPS) is 12.6. The summed E-state index contributed by atoms with van der Waals surface area (Å²) in [4.78, 5) is 29.7. The Balaban J connectivity index is 3.49. The summed E-state index contributed by atoms with van der Waals surface area (Å²) in [6.45, 7) is 13.2. The van der Waals surface area contributed by atoms with Crippen LogP contribution in [0.5, 0.6) is 0 Å². The number of nitrogens with one attached hydrogen (secondary N) is 1. The third-order valence-corrected chi connectivity index (χ3v) is 5.88. The number of alkyl halides is 4. The van der Waals surface area contributed by atoms with Gasteiger partial charge in [0.15, 0.2) is 0 Å². The number of carbonyl (C=O) groups is 2. The average Bonchev–Trinajstić information content (AvgIpc) is 2.76. The highest BCUT2D eigenvalue weighted by molar-refractivity contribution is 6.19. The molecule has 218 valence electrons. The van der Waals surface area contributed by atoms with Crippen LogP contribution in [0.25, 0.3) is 0 Å². The van der Waals surface area contributed by atoms with E-state index in [2.05, 4.69) is 15.1 Å². The van der Waals surface area contributed by atoms with Crippen molar-refractivity contribution in [2.45, 2.75) is 71.6 Å². The van der Waals surface area contributed by atoms with Crippen molar-refractivity contribution in [1.29, 1.82) is 0 Å². The van der Waals surface area contributed by atoms with Crippen LogP contribution < -0.4 is 15.1 Å². The highest BCUT2D eigenvalue weighted by Gasteiger charge is 2.26. The molecule has 1 atom stereocenters. The number of esters is 1. The van der Waals surface area contributed by atoms with E-state index < -0.39 is 29.3 Å². The number of hydrogen-bond acceptors (Lipinski definition) is 6. The third kappa shape index (κ3) is 13.7. The average molecular weight is 615 g/mol. The minimum Gasteiger partial charge on any atom is -0.460 e. The van der Waals surface area contributed by atoms with E-state index >= 15 is 0 Å². The molecule has 0 aromatic heterocycles. The Morgan fingerprint density at radius 1 is 0.816 bits per heavy atom. The fraction of sp³-hybridized carbons (Fsp3) is 0.704. The Bertz CT molecular complexity index is 833. The van der Waals surface area contributed by atoms with Crippen LogP contribution in [0.1, 0.15) is 53.5 Å². The van der Waals surface area contributed by atoms with Crippen molar-refractivity contribution < 1.29 is 19.1 Å². The van der Waals surface area contributed by atoms with Gasteiger partial charge < -0.3 is 24.6 Å². The second-order valence-corrected chi connectivity index (χ2v) is 12.4. The van der Waals surface area contributed by atoms with Gasteiger partial charge in [0.1, 0.15) is 11.2 Å². The summed E-state index contributed by atoms with van der Waals surface area (Å²) in [6.07, 6.45) is -0.288. The van der Waals surface area contributed by atoms with Crippen molar-refractivity contribution in [3.63, 3.8) is 0 Å². The number of rotatable bonds is 15. The molecule has 0 saturated heterocycles. The summed E-state index contributed by atoms with van der Waals surface area (Å²) in [5.74, 6) is 1.31. The van der Waals surface area contributed by atoms with E-state index in [1.54, 1.807) is 41.5 Å². The van der Waals surface area contributed by atoms with E-state index in [0.717, 1.165) is 16.9 Å². The predicted molar refractivity (Wildman–Crippen MR) is 161 cm³/mol. The molecule has 0 saturated carbocycles. The topological polar surface area (TPSA) is 71.1 Å². The Morgan fingerprint density at radius 2 is 1.32 bits per heavy atom. The fourth-order valence-electron chi connectivity index (χ4n) is 3.87. The van der Waals surface area contributed by atoms with E-state index in [1.807, 2.05) is 18.2 Å². The minimum absolute atomic E-state index is 0.0295. The first-order chi connectivity index (χ1) is 17.7. The van der Waals surface area contributed by atoms with E-state index in [9.17, 15) is 9.59 Å². The molecule has 1 amide bonds. The van der Waals surface area contributed by atoms with Crippen LogP contribution >= 0.6 is 46.4 Å². The fourth-order valence-corrected chi connectivity index (χ4v) is 4.69. The van der Waals surface area contributed by atoms with E-state index in [4.69, 9.17) is 55.9 Å². The smallest absolute Gasteiger partial charge is 0.407 e. The van der Waals surface area contributed by atoms with Gasteiger partial charge in [-0.15, -0.1) is 46.4 Å². The molecule has 0 aliphatic carbocycles. The van der Waals surface area contributed by atoms with Gasteiger partial charge in [-0.05, 0) is 71.7 Å². The number of halogens is 4. The van der Waals surface area contributed by atoms with Gasteiger partial charge in [-0.3, -0.25) is 4.79 Å². The zero-order valence-electron chi connectivity index (χ0n) is 23.4. The molecule has 0 unspecified atom stereocenters. The van der Waals surface area contributed by atoms with Crippen LogP contribution in [-0.4, -0.2) is 79.0 Å². The van der Waals surface area contributed by atoms with Gasteiger partial charge >= 0.3 is 12.1 Å². The van der Waals surface area contributed by atoms with Crippen LogP contribution in [0.2, 0.25) is 0 Å². The van der Waals surface area contributed by atoms with Crippen LogP contribution in [0.3, 0.4) is 0 Å². The number of carbonyl (C=O) groups excluding carboxylic acids is 2. The van der Waals surface area contributed by atoms with Gasteiger partial charge in [0.2, 0.25) is 0 Å². The standard InChI is InChI=1S/C27H43Cl4N3O4/c1-26(2,3)37-24(35)19-21(32-25(36)38-27(4,5)6)17-20-18-22(33(13-9-28)14-10-29)7-8-23(20)34(15-11-30)16-12-31/h7-8,18,21H,9-17,19H2,1-6H3,(H,32,36)/t21-/m0/s1. The molecule has 11 heteroatoms. The summed E-state index contributed by atoms with van der Waals surface area (Å²) >= 11 is 24.3. The van der Waals surface area contributed by atoms with Gasteiger partial charge in [0.25, 0.3) is 0 Å². The summed E-state index contributed by atoms with van der Waals surface area (Å²) in [5.41, 5.74) is 1.44. The van der Waals surface area contributed by atoms with Crippen molar-refractivity contribution in [2.24, 2.45) is 0 Å². The Kier molecular flexibility index (Phi) is 15.3. The number of ether oxygens (including phenoxy) is 2. The van der Waals surface area contributed by atoms with Crippen molar-refractivity contribution in [1.82, 2.24) is 5.32 Å². The maximum atomic E-state index is 12.8. The molecule has 0 fully saturated rings. The first-order valence-electron chi connectivity index (χ1n) is 12.8. The van der Waals surface area contributed by atoms with Crippen LogP contribution in [-0.2, 0) is 20.7 Å². The second-order valence-electron chi connectivity index (χ2n) is 10.9. The van der Waals surface area contributed by atoms with Gasteiger partial charge in [-0.25, -0.2) is 4.79 Å². The maximum absolute atomic E-state index is 12.8. The molecule has 1 N–H and O–H groups in total. The molecule has 1 rings (SSSR count). The molecule has 38 heavy (non-hydrogen) atoms. The number of benzene rings is 1. The molecule has 7 nitrogen and oxygen atoms in total. The van der Waals surface area contributed by atoms with E-state index in [-0.39, 0.29) is 6.42 Å². The highest BCUT2D eigenvalue weighted by atomic mass is 35.5. The third-order valence-electron chi connectivity index (χ3n) is 5.21. The zero-order valence-corrected chi connectivity index (χ0v) is 26.4. The summed E-state index contributed by atoms with van der Waals surface area (Å²) < 4.78 is 11.0. The molecular formula is C27H43Cl4N3O4. The summed E-state index contributed by atoms with van der Waals surface area (Å²) in [6, 6.07) is 5.48. The van der Waals surface area contributed by atoms with Crippen LogP contribution in [0, 0.1) is 0 Å². The van der Waals surface area contributed by atoms with Gasteiger partial charge in [0, 0.05) is 67.1 Å². The molecule has 0 aliphatic rings. The van der Waals surface area contributed by atoms with Crippen LogP contribution in [0.15, 0.2) is 18.2 Å². The number of anilines is 2. The predicted octanol–water partition coefficient (Wildman–Crippen LogP) is 6.42. The molecular weight excluding hydrogens is 572 g/mol. The lowest BCUT2D eigenvalue weighted by Gasteiger charge is -2.30. The lowest BCUT2D eigenvalue weighted by Crippen LogP contribution is -2.42. The largest absolute Gasteiger partial charge is 0.460 e. The first-order valence-corrected chi connectivity index (χ1v) is 14.9. The molecule has 0 spiro atoms. The molecule has 1 aromatic carbocycles. The summed E-state index contributed by atoms with van der Waals surface area (Å²) in [5, 5.41) is 2.88. The van der Waals surface area contributed by atoms with Gasteiger partial charge in [-0.2, -0.15) is 0 Å². The maximum Gasteiger partial charge on any atom is 0.407 e. The number of nitrogens with zero attached hydrogens (tertiary/aromatic N) is 2. The zero-order chi connectivity index (χ0) is 28.9. The Morgan fingerprint density at radius 3 is 1.79 bits per heavy atom. The van der Waals surface area contributed by atoms with Gasteiger partial charge in [-0.1, -0.05) is 0 Å². The minimum atomic E-state index is -0.688. The van der Waals surface area contributed by atoms with Crippen molar-refractivity contribution in [3.8, 4) is 0 Å². The van der Waals surface area contributed by atoms with Crippen molar-refractivity contribution in [3.05, 3.63) is 23.8 Å². The van der Waals surface area contributed by atoms with E-state index in [0.29, 0.717) is 56.1 Å². The Hall–Kier alpha value is -1.28. The number of alkyl carbamates (subject to hydrolysis) is 1. The highest BCUT2D eigenvalue weighted by Crippen LogP contribution is 2.29. The molecule has 0 heterocycles. The van der Waals surface area contributed by atoms with Gasteiger partial charge in [0.05, 0.1) is 6.42 Å². The molecule has 1 aromatic rings. The first kappa shape index (κ1) is 34.7. The summed E-state index contributed by atoms with van der Waals surface area (Å²) in [7, 11) is 0. The van der Waals surface area contributed by atoms with Crippen molar-refractivity contribution >= 4 is 69.8 Å². The number of amides is 1. The molecule has 0 bridgehead atoms. The monoisotopic (exact) mass is 613 g/mol. The second kappa shape index (κ2) is 16.7. The molecule has 0 radical (unpaired) electrons. The van der Waals surface area contributed by atoms with Crippen molar-refractivity contribution in [2.75, 3.05) is 59.5 Å². The van der Waals surface area contributed by atoms with Crippen LogP contribution in [0.4, 0.5) is 16.2 Å². The molecule has 0 aliphatic heterocycles. The lowest BCUT2D eigenvalue weighted by atomic mass is 9.99. The quantitative estimate of drug-likeness (QED) is 0.181. The lowest BCUT2D eigenvalue weighted by molar-refractivity contribution is -0.155.